The molecule has 2 heterocycles. The number of phenols is 1. The molecule has 4 N–H and O–H groups in total. The monoisotopic (exact) mass is 304 g/mol. The summed E-state index contributed by atoms with van der Waals surface area (Å²) < 4.78 is 0. The maximum atomic E-state index is 9.45. The standard InChI is InChI=1S/C18H16N4O/c19-22-18-10-5-13(12-20-18)3-1-2-4-15-7-6-14-11-16(23)8-9-17(14)21-15/h1-12,23H,19H2,(H,20,22)/b3-1+,4-2+. The van der Waals surface area contributed by atoms with Crippen LogP contribution in [0.5, 0.6) is 5.75 Å². The molecule has 0 radical (unpaired) electrons. The van der Waals surface area contributed by atoms with Crippen LogP contribution in [0.3, 0.4) is 0 Å². The van der Waals surface area contributed by atoms with Crippen LogP contribution in [0, 0.1) is 0 Å². The number of rotatable bonds is 4. The van der Waals surface area contributed by atoms with Crippen molar-refractivity contribution < 1.29 is 5.11 Å². The molecule has 1 aromatic carbocycles. The van der Waals surface area contributed by atoms with Crippen LogP contribution in [0.4, 0.5) is 5.82 Å². The summed E-state index contributed by atoms with van der Waals surface area (Å²) in [6.07, 6.45) is 9.45. The summed E-state index contributed by atoms with van der Waals surface area (Å²) in [6, 6.07) is 12.7. The number of nitrogen functional groups attached to an aromatic ring is 1. The van der Waals surface area contributed by atoms with Crippen molar-refractivity contribution in [3.05, 3.63) is 72.1 Å². The van der Waals surface area contributed by atoms with Gasteiger partial charge in [-0.2, -0.15) is 0 Å². The molecule has 3 rings (SSSR count). The van der Waals surface area contributed by atoms with Gasteiger partial charge in [-0.1, -0.05) is 24.3 Å². The zero-order valence-electron chi connectivity index (χ0n) is 12.3. The Morgan fingerprint density at radius 3 is 2.65 bits per heavy atom. The second-order valence-corrected chi connectivity index (χ2v) is 4.95. The van der Waals surface area contributed by atoms with Crippen LogP contribution >= 0.6 is 0 Å². The van der Waals surface area contributed by atoms with Crippen LogP contribution in [-0.4, -0.2) is 15.1 Å². The second-order valence-electron chi connectivity index (χ2n) is 4.95. The molecule has 0 atom stereocenters. The van der Waals surface area contributed by atoms with Gasteiger partial charge in [0.15, 0.2) is 0 Å². The maximum Gasteiger partial charge on any atom is 0.139 e. The Bertz CT molecular complexity index is 870. The first-order valence-electron chi connectivity index (χ1n) is 7.12. The molecular weight excluding hydrogens is 288 g/mol. The van der Waals surface area contributed by atoms with Gasteiger partial charge >= 0.3 is 0 Å². The highest BCUT2D eigenvalue weighted by molar-refractivity contribution is 5.81. The van der Waals surface area contributed by atoms with E-state index in [1.807, 2.05) is 48.6 Å². The highest BCUT2D eigenvalue weighted by atomic mass is 16.3. The second kappa shape index (κ2) is 6.72. The SMILES string of the molecule is NNc1ccc(/C=C/C=C/c2ccc3cc(O)ccc3n2)cn1. The lowest BCUT2D eigenvalue weighted by atomic mass is 10.2. The number of hydrazine groups is 1. The van der Waals surface area contributed by atoms with E-state index in [4.69, 9.17) is 5.84 Å². The molecule has 0 spiro atoms. The molecule has 5 nitrogen and oxygen atoms in total. The first-order valence-corrected chi connectivity index (χ1v) is 7.12. The molecule has 0 saturated carbocycles. The number of nitrogens with zero attached hydrogens (tertiary/aromatic N) is 2. The lowest BCUT2D eigenvalue weighted by Crippen LogP contribution is -2.07. The normalized spacial score (nSPS) is 11.5. The van der Waals surface area contributed by atoms with Gasteiger partial charge in [0.25, 0.3) is 0 Å². The number of aromatic hydroxyl groups is 1. The lowest BCUT2D eigenvalue weighted by Gasteiger charge is -1.99. The average molecular weight is 304 g/mol. The summed E-state index contributed by atoms with van der Waals surface area (Å²) in [5.41, 5.74) is 5.18. The first-order chi connectivity index (χ1) is 11.2. The summed E-state index contributed by atoms with van der Waals surface area (Å²) >= 11 is 0. The number of fused-ring (bicyclic) bond motifs is 1. The van der Waals surface area contributed by atoms with Gasteiger partial charge in [0.2, 0.25) is 0 Å². The summed E-state index contributed by atoms with van der Waals surface area (Å²) in [7, 11) is 0. The number of pyridine rings is 2. The Morgan fingerprint density at radius 2 is 1.87 bits per heavy atom. The van der Waals surface area contributed by atoms with E-state index in [1.165, 1.54) is 0 Å². The summed E-state index contributed by atoms with van der Waals surface area (Å²) in [4.78, 5) is 8.65. The van der Waals surface area contributed by atoms with Crippen molar-refractivity contribution in [3.8, 4) is 5.75 Å². The smallest absolute Gasteiger partial charge is 0.139 e. The molecule has 23 heavy (non-hydrogen) atoms. The van der Waals surface area contributed by atoms with E-state index in [0.717, 1.165) is 22.2 Å². The number of aromatic nitrogens is 2. The van der Waals surface area contributed by atoms with Crippen molar-refractivity contribution in [2.45, 2.75) is 0 Å². The Kier molecular flexibility index (Phi) is 4.31. The van der Waals surface area contributed by atoms with Crippen LogP contribution < -0.4 is 11.3 Å². The number of nitrogens with two attached hydrogens (primary N) is 1. The molecule has 0 aliphatic rings. The number of nitrogens with one attached hydrogen (secondary N) is 1. The van der Waals surface area contributed by atoms with Crippen molar-refractivity contribution in [1.82, 2.24) is 9.97 Å². The molecule has 0 aliphatic carbocycles. The fourth-order valence-electron chi connectivity index (χ4n) is 2.13. The average Bonchev–Trinajstić information content (AvgIpc) is 2.59. The van der Waals surface area contributed by atoms with Gasteiger partial charge in [-0.25, -0.2) is 15.8 Å². The number of phenolic OH excluding ortho intramolecular Hbond substituents is 1. The minimum absolute atomic E-state index is 0.245. The van der Waals surface area contributed by atoms with Crippen LogP contribution in [0.15, 0.2) is 60.8 Å². The molecular formula is C18H16N4O. The summed E-state index contributed by atoms with van der Waals surface area (Å²) in [5, 5.41) is 10.4. The largest absolute Gasteiger partial charge is 0.508 e. The molecule has 0 aliphatic heterocycles. The minimum Gasteiger partial charge on any atom is -0.508 e. The first kappa shape index (κ1) is 14.7. The van der Waals surface area contributed by atoms with Crippen molar-refractivity contribution >= 4 is 28.9 Å². The lowest BCUT2D eigenvalue weighted by molar-refractivity contribution is 0.476. The Morgan fingerprint density at radius 1 is 1.00 bits per heavy atom. The van der Waals surface area contributed by atoms with Crippen LogP contribution in [0.1, 0.15) is 11.3 Å². The Labute approximate surface area is 133 Å². The van der Waals surface area contributed by atoms with Gasteiger partial charge in [0.1, 0.15) is 11.6 Å². The van der Waals surface area contributed by atoms with Gasteiger partial charge < -0.3 is 10.5 Å². The Hall–Kier alpha value is -3.18. The number of benzene rings is 1. The van der Waals surface area contributed by atoms with Crippen molar-refractivity contribution in [2.75, 3.05) is 5.43 Å². The molecule has 114 valence electrons. The topological polar surface area (TPSA) is 84.1 Å². The predicted molar refractivity (Wildman–Crippen MR) is 93.5 cm³/mol. The molecule has 0 amide bonds. The van der Waals surface area contributed by atoms with Crippen molar-refractivity contribution in [2.24, 2.45) is 5.84 Å². The zero-order valence-corrected chi connectivity index (χ0v) is 12.3. The number of allylic oxidation sites excluding steroid dienone is 2. The maximum absolute atomic E-state index is 9.45. The number of hydrogen-bond donors (Lipinski definition) is 3. The number of hydrogen-bond acceptors (Lipinski definition) is 5. The van der Waals surface area contributed by atoms with E-state index in [-0.39, 0.29) is 5.75 Å². The van der Waals surface area contributed by atoms with Crippen molar-refractivity contribution in [1.29, 1.82) is 0 Å². The molecule has 2 aromatic heterocycles. The van der Waals surface area contributed by atoms with Gasteiger partial charge in [0.05, 0.1) is 11.2 Å². The highest BCUT2D eigenvalue weighted by Gasteiger charge is 1.97. The molecule has 5 heteroatoms. The predicted octanol–water partition coefficient (Wildman–Crippen LogP) is 3.35. The molecule has 0 unspecified atom stereocenters. The molecule has 0 fully saturated rings. The third-order valence-electron chi connectivity index (χ3n) is 3.30. The van der Waals surface area contributed by atoms with E-state index in [2.05, 4.69) is 15.4 Å². The summed E-state index contributed by atoms with van der Waals surface area (Å²) in [5.74, 6) is 6.15. The van der Waals surface area contributed by atoms with Crippen LogP contribution in [0.2, 0.25) is 0 Å². The van der Waals surface area contributed by atoms with Gasteiger partial charge in [-0.3, -0.25) is 0 Å². The van der Waals surface area contributed by atoms with Gasteiger partial charge in [-0.05, 0) is 48.0 Å². The fraction of sp³-hybridized carbons (Fsp3) is 0. The quantitative estimate of drug-likeness (QED) is 0.391. The van der Waals surface area contributed by atoms with Crippen LogP contribution in [-0.2, 0) is 0 Å². The zero-order chi connectivity index (χ0) is 16.1. The number of anilines is 1. The third kappa shape index (κ3) is 3.72. The van der Waals surface area contributed by atoms with E-state index < -0.39 is 0 Å². The van der Waals surface area contributed by atoms with Gasteiger partial charge in [-0.15, -0.1) is 0 Å². The fourth-order valence-corrected chi connectivity index (χ4v) is 2.13. The molecule has 0 bridgehead atoms. The van der Waals surface area contributed by atoms with Gasteiger partial charge in [0, 0.05) is 11.6 Å². The van der Waals surface area contributed by atoms with Crippen molar-refractivity contribution in [3.63, 3.8) is 0 Å². The molecule has 0 saturated heterocycles. The minimum atomic E-state index is 0.245. The van der Waals surface area contributed by atoms with E-state index in [9.17, 15) is 5.11 Å². The van der Waals surface area contributed by atoms with E-state index >= 15 is 0 Å². The van der Waals surface area contributed by atoms with E-state index in [0.29, 0.717) is 5.82 Å². The summed E-state index contributed by atoms with van der Waals surface area (Å²) in [6.45, 7) is 0. The molecule has 3 aromatic rings. The third-order valence-corrected chi connectivity index (χ3v) is 3.30. The Balaban J connectivity index is 1.71. The highest BCUT2D eigenvalue weighted by Crippen LogP contribution is 2.19. The van der Waals surface area contributed by atoms with Crippen LogP contribution in [0.25, 0.3) is 23.1 Å². The van der Waals surface area contributed by atoms with E-state index in [1.54, 1.807) is 24.4 Å².